The molecule has 0 saturated heterocycles. The molecule has 3 aromatic rings. The second kappa shape index (κ2) is 11.3. The van der Waals surface area contributed by atoms with Crippen LogP contribution in [-0.4, -0.2) is 34.3 Å². The van der Waals surface area contributed by atoms with E-state index in [0.717, 1.165) is 22.5 Å². The Balaban J connectivity index is 1.85. The molecule has 0 aliphatic carbocycles. The number of nitrogens with zero attached hydrogens (tertiary/aromatic N) is 1. The monoisotopic (exact) mass is 500 g/mol. The van der Waals surface area contributed by atoms with Gasteiger partial charge in [0.15, 0.2) is 22.9 Å². The zero-order chi connectivity index (χ0) is 24.7. The molecule has 1 atom stereocenters. The number of carbonyl (C=O) groups is 3. The van der Waals surface area contributed by atoms with Crippen LogP contribution in [0.1, 0.15) is 49.6 Å². The fraction of sp³-hybridized carbons (Fsp3) is 0.280. The van der Waals surface area contributed by atoms with Gasteiger partial charge in [-0.2, -0.15) is 0 Å². The minimum atomic E-state index is -1.34. The third kappa shape index (κ3) is 6.88. The number of benzene rings is 2. The minimum absolute atomic E-state index is 0.145. The van der Waals surface area contributed by atoms with Crippen molar-refractivity contribution in [3.63, 3.8) is 0 Å². The zero-order valence-corrected chi connectivity index (χ0v) is 20.6. The number of thiazole rings is 1. The molecule has 1 unspecified atom stereocenters. The van der Waals surface area contributed by atoms with Gasteiger partial charge in [0.25, 0.3) is 0 Å². The highest BCUT2D eigenvalue weighted by Gasteiger charge is 2.34. The SMILES string of the molecule is CC(C)(C)OC(=O)Nc1nc(C(C(=O)CCl)C(=O)OC(c2ccccc2)c2ccccc2)cs1. The van der Waals surface area contributed by atoms with E-state index in [4.69, 9.17) is 21.1 Å². The van der Waals surface area contributed by atoms with Crippen molar-refractivity contribution in [1.82, 2.24) is 4.98 Å². The minimum Gasteiger partial charge on any atom is -0.452 e. The Morgan fingerprint density at radius 1 is 1.00 bits per heavy atom. The van der Waals surface area contributed by atoms with E-state index in [1.165, 1.54) is 5.38 Å². The number of nitrogens with one attached hydrogen (secondary N) is 1. The van der Waals surface area contributed by atoms with Crippen LogP contribution in [0.3, 0.4) is 0 Å². The summed E-state index contributed by atoms with van der Waals surface area (Å²) >= 11 is 6.87. The van der Waals surface area contributed by atoms with Gasteiger partial charge in [0.05, 0.1) is 11.6 Å². The number of halogens is 1. The predicted octanol–water partition coefficient (Wildman–Crippen LogP) is 5.71. The van der Waals surface area contributed by atoms with Crippen LogP contribution in [0.4, 0.5) is 9.93 Å². The molecule has 0 bridgehead atoms. The first-order valence-electron chi connectivity index (χ1n) is 10.5. The standard InChI is InChI=1S/C25H25ClN2O5S/c1-25(2,3)33-24(31)28-23-27-18(15-34-23)20(19(29)14-26)22(30)32-21(16-10-6-4-7-11-16)17-12-8-5-9-13-17/h4-13,15,20-21H,14H2,1-3H3,(H,27,28,31). The van der Waals surface area contributed by atoms with Crippen molar-refractivity contribution in [2.45, 2.75) is 38.4 Å². The Bertz CT molecular complexity index is 1090. The van der Waals surface area contributed by atoms with Gasteiger partial charge in [-0.3, -0.25) is 14.9 Å². The summed E-state index contributed by atoms with van der Waals surface area (Å²) in [5.41, 5.74) is 0.968. The molecule has 1 amide bonds. The summed E-state index contributed by atoms with van der Waals surface area (Å²) in [6.45, 7) is 5.21. The molecule has 0 fully saturated rings. The molecule has 7 nitrogen and oxygen atoms in total. The number of ketones is 1. The predicted molar refractivity (Wildman–Crippen MR) is 131 cm³/mol. The first-order chi connectivity index (χ1) is 16.2. The maximum Gasteiger partial charge on any atom is 0.413 e. The molecule has 178 valence electrons. The molecular formula is C25H25ClN2O5S. The number of alkyl halides is 1. The fourth-order valence-electron chi connectivity index (χ4n) is 3.13. The number of Topliss-reactive ketones (excluding diaryl/α,β-unsaturated/α-hetero) is 1. The third-order valence-corrected chi connectivity index (χ3v) is 5.59. The summed E-state index contributed by atoms with van der Waals surface area (Å²) in [6, 6.07) is 18.5. The summed E-state index contributed by atoms with van der Waals surface area (Å²) < 4.78 is 11.1. The van der Waals surface area contributed by atoms with Gasteiger partial charge in [0, 0.05) is 5.38 Å². The number of rotatable bonds is 8. The van der Waals surface area contributed by atoms with Crippen LogP contribution in [0.25, 0.3) is 0 Å². The number of ether oxygens (including phenoxy) is 2. The number of esters is 1. The Morgan fingerprint density at radius 3 is 2.06 bits per heavy atom. The second-order valence-electron chi connectivity index (χ2n) is 8.38. The van der Waals surface area contributed by atoms with Crippen molar-refractivity contribution >= 4 is 45.9 Å². The third-order valence-electron chi connectivity index (χ3n) is 4.55. The van der Waals surface area contributed by atoms with E-state index >= 15 is 0 Å². The normalized spacial score (nSPS) is 12.1. The second-order valence-corrected chi connectivity index (χ2v) is 9.50. The average Bonchev–Trinajstić information content (AvgIpc) is 3.24. The van der Waals surface area contributed by atoms with E-state index in [1.54, 1.807) is 20.8 Å². The Hall–Kier alpha value is -3.23. The van der Waals surface area contributed by atoms with Gasteiger partial charge in [-0.1, -0.05) is 60.7 Å². The molecule has 9 heteroatoms. The lowest BCUT2D eigenvalue weighted by Gasteiger charge is -2.21. The Labute approximate surface area is 207 Å². The topological polar surface area (TPSA) is 94.6 Å². The van der Waals surface area contributed by atoms with Crippen molar-refractivity contribution < 1.29 is 23.9 Å². The number of anilines is 1. The summed E-state index contributed by atoms with van der Waals surface area (Å²) in [6.07, 6.45) is -1.41. The average molecular weight is 501 g/mol. The van der Waals surface area contributed by atoms with Crippen molar-refractivity contribution in [3.05, 3.63) is 82.9 Å². The fourth-order valence-corrected chi connectivity index (χ4v) is 4.01. The van der Waals surface area contributed by atoms with E-state index in [-0.39, 0.29) is 10.8 Å². The summed E-state index contributed by atoms with van der Waals surface area (Å²) in [5.74, 6) is -3.07. The molecule has 1 heterocycles. The maximum absolute atomic E-state index is 13.3. The lowest BCUT2D eigenvalue weighted by molar-refractivity contribution is -0.151. The van der Waals surface area contributed by atoms with Crippen molar-refractivity contribution in [2.75, 3.05) is 11.2 Å². The number of aromatic nitrogens is 1. The zero-order valence-electron chi connectivity index (χ0n) is 19.0. The molecule has 2 aromatic carbocycles. The van der Waals surface area contributed by atoms with Gasteiger partial charge >= 0.3 is 12.1 Å². The van der Waals surface area contributed by atoms with Gasteiger partial charge in [0.2, 0.25) is 0 Å². The number of hydrogen-bond donors (Lipinski definition) is 1. The molecule has 1 N–H and O–H groups in total. The maximum atomic E-state index is 13.3. The largest absolute Gasteiger partial charge is 0.452 e. The van der Waals surface area contributed by atoms with E-state index in [0.29, 0.717) is 0 Å². The number of amides is 1. The highest BCUT2D eigenvalue weighted by molar-refractivity contribution is 7.14. The van der Waals surface area contributed by atoms with Gasteiger partial charge in [-0.15, -0.1) is 22.9 Å². The molecule has 34 heavy (non-hydrogen) atoms. The molecule has 0 aliphatic rings. The summed E-state index contributed by atoms with van der Waals surface area (Å²) in [7, 11) is 0. The van der Waals surface area contributed by atoms with Crippen LogP contribution in [0.5, 0.6) is 0 Å². The van der Waals surface area contributed by atoms with E-state index in [9.17, 15) is 14.4 Å². The summed E-state index contributed by atoms with van der Waals surface area (Å²) in [5, 5.41) is 4.22. The lowest BCUT2D eigenvalue weighted by Crippen LogP contribution is -2.28. The van der Waals surface area contributed by atoms with Crippen LogP contribution in [-0.2, 0) is 19.1 Å². The van der Waals surface area contributed by atoms with Gasteiger partial charge in [0.1, 0.15) is 5.60 Å². The van der Waals surface area contributed by atoms with Crippen molar-refractivity contribution in [3.8, 4) is 0 Å². The highest BCUT2D eigenvalue weighted by Crippen LogP contribution is 2.31. The van der Waals surface area contributed by atoms with E-state index in [2.05, 4.69) is 10.3 Å². The number of carbonyl (C=O) groups excluding carboxylic acids is 3. The molecule has 1 aromatic heterocycles. The smallest absolute Gasteiger partial charge is 0.413 e. The Morgan fingerprint density at radius 2 is 1.56 bits per heavy atom. The van der Waals surface area contributed by atoms with Gasteiger partial charge < -0.3 is 9.47 Å². The number of hydrogen-bond acceptors (Lipinski definition) is 7. The molecule has 0 spiro atoms. The van der Waals surface area contributed by atoms with E-state index in [1.807, 2.05) is 60.7 Å². The molecule has 0 aliphatic heterocycles. The van der Waals surface area contributed by atoms with Crippen LogP contribution < -0.4 is 5.32 Å². The molecule has 0 radical (unpaired) electrons. The first kappa shape index (κ1) is 25.4. The van der Waals surface area contributed by atoms with Gasteiger partial charge in [-0.05, 0) is 31.9 Å². The van der Waals surface area contributed by atoms with Crippen LogP contribution in [0.2, 0.25) is 0 Å². The van der Waals surface area contributed by atoms with Crippen LogP contribution in [0.15, 0.2) is 66.0 Å². The Kier molecular flexibility index (Phi) is 8.41. The molecule has 0 saturated carbocycles. The molecular weight excluding hydrogens is 476 g/mol. The van der Waals surface area contributed by atoms with Crippen LogP contribution in [0, 0.1) is 0 Å². The van der Waals surface area contributed by atoms with E-state index < -0.39 is 41.3 Å². The van der Waals surface area contributed by atoms with Crippen molar-refractivity contribution in [1.29, 1.82) is 0 Å². The molecule has 3 rings (SSSR count). The van der Waals surface area contributed by atoms with Gasteiger partial charge in [-0.25, -0.2) is 9.78 Å². The summed E-state index contributed by atoms with van der Waals surface area (Å²) in [4.78, 5) is 42.2. The quantitative estimate of drug-likeness (QED) is 0.241. The van der Waals surface area contributed by atoms with Crippen LogP contribution >= 0.6 is 22.9 Å². The van der Waals surface area contributed by atoms with Crippen molar-refractivity contribution in [2.24, 2.45) is 0 Å². The first-order valence-corrected chi connectivity index (χ1v) is 11.9. The lowest BCUT2D eigenvalue weighted by atomic mass is 9.99. The highest BCUT2D eigenvalue weighted by atomic mass is 35.5.